The van der Waals surface area contributed by atoms with Crippen molar-refractivity contribution in [1.29, 1.82) is 0 Å². The van der Waals surface area contributed by atoms with E-state index in [0.29, 0.717) is 31.7 Å². The van der Waals surface area contributed by atoms with Crippen LogP contribution in [0.1, 0.15) is 32.6 Å². The molecule has 0 aromatic heterocycles. The second kappa shape index (κ2) is 3.93. The Morgan fingerprint density at radius 2 is 2.27 bits per heavy atom. The Morgan fingerprint density at radius 1 is 1.53 bits per heavy atom. The molecule has 4 heteroatoms. The van der Waals surface area contributed by atoms with Crippen LogP contribution in [-0.4, -0.2) is 41.8 Å². The molecule has 1 aliphatic carbocycles. The Hall–Kier alpha value is -0.900. The van der Waals surface area contributed by atoms with Crippen LogP contribution in [0, 0.1) is 0 Å². The molecule has 4 nitrogen and oxygen atoms in total. The van der Waals surface area contributed by atoms with E-state index in [1.54, 1.807) is 0 Å². The topological polar surface area (TPSA) is 49.4 Å². The maximum atomic E-state index is 11.5. The number of nitrogens with one attached hydrogen (secondary N) is 1. The van der Waals surface area contributed by atoms with E-state index in [4.69, 9.17) is 0 Å². The van der Waals surface area contributed by atoms with Crippen LogP contribution < -0.4 is 5.32 Å². The quantitative estimate of drug-likeness (QED) is 0.727. The van der Waals surface area contributed by atoms with E-state index >= 15 is 0 Å². The molecule has 15 heavy (non-hydrogen) atoms. The van der Waals surface area contributed by atoms with E-state index in [0.717, 1.165) is 19.4 Å². The predicted molar refractivity (Wildman–Crippen MR) is 56.5 cm³/mol. The van der Waals surface area contributed by atoms with Crippen LogP contribution in [0.15, 0.2) is 0 Å². The van der Waals surface area contributed by atoms with Crippen LogP contribution in [-0.2, 0) is 9.59 Å². The van der Waals surface area contributed by atoms with Crippen molar-refractivity contribution in [2.75, 3.05) is 19.6 Å². The zero-order valence-electron chi connectivity index (χ0n) is 9.21. The fraction of sp³-hybridized carbons (Fsp3) is 0.818. The highest BCUT2D eigenvalue weighted by molar-refractivity contribution is 5.82. The molecule has 1 aliphatic heterocycles. The van der Waals surface area contributed by atoms with Gasteiger partial charge in [0.05, 0.1) is 6.54 Å². The third-order valence-electron chi connectivity index (χ3n) is 3.20. The van der Waals surface area contributed by atoms with Crippen LogP contribution in [0.2, 0.25) is 0 Å². The molecule has 0 radical (unpaired) electrons. The van der Waals surface area contributed by atoms with Crippen LogP contribution in [0.4, 0.5) is 0 Å². The first-order valence-electron chi connectivity index (χ1n) is 5.62. The molecule has 0 unspecified atom stereocenters. The van der Waals surface area contributed by atoms with Crippen molar-refractivity contribution in [2.45, 2.75) is 38.1 Å². The Morgan fingerprint density at radius 3 is 2.80 bits per heavy atom. The van der Waals surface area contributed by atoms with Crippen LogP contribution in [0.25, 0.3) is 0 Å². The normalized spacial score (nSPS) is 24.2. The van der Waals surface area contributed by atoms with Crippen molar-refractivity contribution in [3.63, 3.8) is 0 Å². The van der Waals surface area contributed by atoms with Crippen molar-refractivity contribution in [3.8, 4) is 0 Å². The fourth-order valence-corrected chi connectivity index (χ4v) is 1.85. The summed E-state index contributed by atoms with van der Waals surface area (Å²) in [5.41, 5.74) is 0.0813. The molecule has 0 aromatic carbocycles. The lowest BCUT2D eigenvalue weighted by Crippen LogP contribution is -2.36. The monoisotopic (exact) mass is 210 g/mol. The summed E-state index contributed by atoms with van der Waals surface area (Å²) in [6, 6.07) is 0. The molecule has 1 N–H and O–H groups in total. The van der Waals surface area contributed by atoms with Gasteiger partial charge in [-0.2, -0.15) is 0 Å². The minimum absolute atomic E-state index is 0.0813. The number of carbonyl (C=O) groups is 2. The average molecular weight is 210 g/mol. The minimum atomic E-state index is 0.0813. The molecule has 2 rings (SSSR count). The molecule has 1 heterocycles. The maximum absolute atomic E-state index is 11.5. The number of likely N-dealkylation sites (tertiary alicyclic amines) is 1. The number of ketones is 1. The molecule has 1 saturated heterocycles. The summed E-state index contributed by atoms with van der Waals surface area (Å²) in [5, 5.41) is 3.01. The number of hydrogen-bond acceptors (Lipinski definition) is 3. The van der Waals surface area contributed by atoms with Crippen molar-refractivity contribution in [2.24, 2.45) is 0 Å². The van der Waals surface area contributed by atoms with Gasteiger partial charge in [-0.05, 0) is 19.8 Å². The Balaban J connectivity index is 1.65. The van der Waals surface area contributed by atoms with E-state index in [1.807, 2.05) is 0 Å². The van der Waals surface area contributed by atoms with Gasteiger partial charge >= 0.3 is 0 Å². The van der Waals surface area contributed by atoms with E-state index in [9.17, 15) is 9.59 Å². The van der Waals surface area contributed by atoms with E-state index < -0.39 is 0 Å². The number of amides is 1. The van der Waals surface area contributed by atoms with Crippen molar-refractivity contribution < 1.29 is 9.59 Å². The lowest BCUT2D eigenvalue weighted by molar-refractivity contribution is -0.122. The Kier molecular flexibility index (Phi) is 2.78. The van der Waals surface area contributed by atoms with Gasteiger partial charge in [0, 0.05) is 31.5 Å². The van der Waals surface area contributed by atoms with Gasteiger partial charge in [-0.15, -0.1) is 0 Å². The summed E-state index contributed by atoms with van der Waals surface area (Å²) in [6.07, 6.45) is 3.37. The Labute approximate surface area is 90.0 Å². The highest BCUT2D eigenvalue weighted by atomic mass is 16.2. The third-order valence-corrected chi connectivity index (χ3v) is 3.20. The molecule has 84 valence electrons. The van der Waals surface area contributed by atoms with E-state index in [1.165, 1.54) is 0 Å². The summed E-state index contributed by atoms with van der Waals surface area (Å²) in [5.74, 6) is 0.416. The number of hydrogen-bond donors (Lipinski definition) is 1. The molecule has 0 atom stereocenters. The van der Waals surface area contributed by atoms with Gasteiger partial charge in [0.1, 0.15) is 5.78 Å². The first-order chi connectivity index (χ1) is 7.07. The minimum Gasteiger partial charge on any atom is -0.351 e. The lowest BCUT2D eigenvalue weighted by Gasteiger charge is -2.15. The molecule has 1 saturated carbocycles. The summed E-state index contributed by atoms with van der Waals surface area (Å²) in [6.45, 7) is 4.14. The number of nitrogens with zero attached hydrogens (tertiary/aromatic N) is 1. The highest BCUT2D eigenvalue weighted by Crippen LogP contribution is 2.34. The van der Waals surface area contributed by atoms with Crippen LogP contribution >= 0.6 is 0 Å². The summed E-state index contributed by atoms with van der Waals surface area (Å²) in [7, 11) is 0. The average Bonchev–Trinajstić information content (AvgIpc) is 2.74. The largest absolute Gasteiger partial charge is 0.351 e. The maximum Gasteiger partial charge on any atom is 0.221 e. The summed E-state index contributed by atoms with van der Waals surface area (Å²) < 4.78 is 0. The van der Waals surface area contributed by atoms with Gasteiger partial charge in [-0.3, -0.25) is 14.5 Å². The van der Waals surface area contributed by atoms with E-state index in [-0.39, 0.29) is 11.4 Å². The van der Waals surface area contributed by atoms with Crippen molar-refractivity contribution in [1.82, 2.24) is 10.2 Å². The van der Waals surface area contributed by atoms with Crippen molar-refractivity contribution in [3.05, 3.63) is 0 Å². The van der Waals surface area contributed by atoms with Crippen LogP contribution in [0.5, 0.6) is 0 Å². The first-order valence-corrected chi connectivity index (χ1v) is 5.62. The number of rotatable bonds is 4. The molecule has 0 aromatic rings. The summed E-state index contributed by atoms with van der Waals surface area (Å²) in [4.78, 5) is 24.6. The second-order valence-electron chi connectivity index (χ2n) is 4.92. The highest BCUT2D eigenvalue weighted by Gasteiger charge is 2.38. The molecule has 0 bridgehead atoms. The smallest absolute Gasteiger partial charge is 0.221 e. The molecule has 1 amide bonds. The SMILES string of the molecule is CC1(NC(=O)CCN2CCC(=O)C2)CC1. The fourth-order valence-electron chi connectivity index (χ4n) is 1.85. The molecule has 2 fully saturated rings. The molecular weight excluding hydrogens is 192 g/mol. The second-order valence-corrected chi connectivity index (χ2v) is 4.92. The standard InChI is InChI=1S/C11H18N2O2/c1-11(4-5-11)12-10(15)3-7-13-6-2-9(14)8-13/h2-8H2,1H3,(H,12,15). The molecule has 2 aliphatic rings. The number of carbonyl (C=O) groups excluding carboxylic acids is 2. The lowest BCUT2D eigenvalue weighted by atomic mass is 10.3. The van der Waals surface area contributed by atoms with Crippen LogP contribution in [0.3, 0.4) is 0 Å². The van der Waals surface area contributed by atoms with Gasteiger partial charge < -0.3 is 5.32 Å². The van der Waals surface area contributed by atoms with Gasteiger partial charge in [0.2, 0.25) is 5.91 Å². The van der Waals surface area contributed by atoms with Gasteiger partial charge in [-0.1, -0.05) is 0 Å². The first kappa shape index (κ1) is 10.6. The number of Topliss-reactive ketones (excluding diaryl/α,β-unsaturated/α-hetero) is 1. The van der Waals surface area contributed by atoms with Gasteiger partial charge in [-0.25, -0.2) is 0 Å². The van der Waals surface area contributed by atoms with E-state index in [2.05, 4.69) is 17.1 Å². The Bertz CT molecular complexity index is 284. The van der Waals surface area contributed by atoms with Gasteiger partial charge in [0.25, 0.3) is 0 Å². The predicted octanol–water partition coefficient (Wildman–Crippen LogP) is 0.320. The third kappa shape index (κ3) is 3.02. The summed E-state index contributed by atoms with van der Waals surface area (Å²) >= 11 is 0. The van der Waals surface area contributed by atoms with Crippen molar-refractivity contribution >= 4 is 11.7 Å². The zero-order valence-corrected chi connectivity index (χ0v) is 9.21. The zero-order chi connectivity index (χ0) is 10.9. The molecule has 0 spiro atoms. The molecular formula is C11H18N2O2. The van der Waals surface area contributed by atoms with Gasteiger partial charge in [0.15, 0.2) is 0 Å².